The molecule has 1 aliphatic carbocycles. The van der Waals surface area contributed by atoms with Gasteiger partial charge < -0.3 is 4.89 Å². The molecule has 1 aromatic carbocycles. The lowest BCUT2D eigenvalue weighted by Gasteiger charge is -2.10. The Kier molecular flexibility index (Phi) is 2.05. The van der Waals surface area contributed by atoms with Gasteiger partial charge in [-0.1, -0.05) is 35.1 Å². The van der Waals surface area contributed by atoms with Crippen molar-refractivity contribution in [2.24, 2.45) is 0 Å². The van der Waals surface area contributed by atoms with Gasteiger partial charge in [-0.3, -0.25) is 0 Å². The molecule has 0 saturated heterocycles. The molecular formula is C12H10NOP. The van der Waals surface area contributed by atoms with Gasteiger partial charge in [0.05, 0.1) is 0 Å². The summed E-state index contributed by atoms with van der Waals surface area (Å²) in [6.45, 7) is 0. The van der Waals surface area contributed by atoms with Crippen molar-refractivity contribution in [2.45, 2.75) is 12.8 Å². The van der Waals surface area contributed by atoms with Crippen molar-refractivity contribution in [1.29, 1.82) is 0 Å². The number of aromatic nitrogens is 1. The highest BCUT2D eigenvalue weighted by molar-refractivity contribution is 7.39. The number of hydrogen-bond donors (Lipinski definition) is 0. The van der Waals surface area contributed by atoms with Crippen molar-refractivity contribution < 1.29 is 4.89 Å². The second-order valence-corrected chi connectivity index (χ2v) is 4.98. The predicted octanol–water partition coefficient (Wildman–Crippen LogP) is 2.59. The Balaban J connectivity index is 2.46. The van der Waals surface area contributed by atoms with Gasteiger partial charge in [0, 0.05) is 17.4 Å². The van der Waals surface area contributed by atoms with Crippen LogP contribution in [0, 0.1) is 0 Å². The van der Waals surface area contributed by atoms with Crippen molar-refractivity contribution in [3.05, 3.63) is 41.2 Å². The molecule has 1 aromatic heterocycles. The first kappa shape index (κ1) is 9.02. The Bertz CT molecular complexity index is 563. The van der Waals surface area contributed by atoms with Crippen LogP contribution < -0.4 is 4.89 Å². The van der Waals surface area contributed by atoms with Gasteiger partial charge in [-0.2, -0.15) is 0 Å². The molecule has 1 aliphatic rings. The predicted molar refractivity (Wildman–Crippen MR) is 61.6 cm³/mol. The van der Waals surface area contributed by atoms with Gasteiger partial charge in [0.1, 0.15) is 5.52 Å². The van der Waals surface area contributed by atoms with Crippen LogP contribution in [-0.4, -0.2) is 4.75 Å². The van der Waals surface area contributed by atoms with Crippen molar-refractivity contribution in [3.63, 3.8) is 0 Å². The van der Waals surface area contributed by atoms with Crippen LogP contribution in [0.1, 0.15) is 17.3 Å². The second-order valence-electron chi connectivity index (χ2n) is 3.69. The van der Waals surface area contributed by atoms with E-state index < -0.39 is 7.92 Å². The summed E-state index contributed by atoms with van der Waals surface area (Å²) in [6, 6.07) is 7.91. The number of allylic oxidation sites excluding steroid dienone is 1. The van der Waals surface area contributed by atoms with Crippen molar-refractivity contribution in [1.82, 2.24) is 4.75 Å². The van der Waals surface area contributed by atoms with Crippen molar-refractivity contribution >= 4 is 24.9 Å². The van der Waals surface area contributed by atoms with Gasteiger partial charge in [0.15, 0.2) is 5.30 Å². The fourth-order valence-electron chi connectivity index (χ4n) is 2.04. The SMILES string of the molecule is [O-][p+]1nc2ccccc2c2c1CCC=C2. The van der Waals surface area contributed by atoms with Crippen LogP contribution in [0.5, 0.6) is 0 Å². The van der Waals surface area contributed by atoms with Crippen LogP contribution in [0.15, 0.2) is 30.3 Å². The highest BCUT2D eigenvalue weighted by atomic mass is 31.1. The minimum atomic E-state index is -1.53. The average Bonchev–Trinajstić information content (AvgIpc) is 2.30. The minimum absolute atomic E-state index is 0.865. The van der Waals surface area contributed by atoms with Gasteiger partial charge in [-0.25, -0.2) is 0 Å². The zero-order valence-electron chi connectivity index (χ0n) is 8.18. The highest BCUT2D eigenvalue weighted by Crippen LogP contribution is 2.35. The molecule has 1 heterocycles. The Labute approximate surface area is 89.1 Å². The molecule has 0 fully saturated rings. The molecule has 0 bridgehead atoms. The molecule has 0 amide bonds. The summed E-state index contributed by atoms with van der Waals surface area (Å²) in [5.41, 5.74) is 2.00. The van der Waals surface area contributed by atoms with E-state index in [0.29, 0.717) is 0 Å². The van der Waals surface area contributed by atoms with E-state index in [9.17, 15) is 4.89 Å². The third-order valence-corrected chi connectivity index (χ3v) is 4.09. The number of fused-ring (bicyclic) bond motifs is 3. The summed E-state index contributed by atoms with van der Waals surface area (Å²) in [4.78, 5) is 11.9. The molecular weight excluding hydrogens is 205 g/mol. The second kappa shape index (κ2) is 3.41. The topological polar surface area (TPSA) is 36.0 Å². The molecule has 3 heteroatoms. The Hall–Kier alpha value is -1.24. The van der Waals surface area contributed by atoms with E-state index >= 15 is 0 Å². The van der Waals surface area contributed by atoms with E-state index in [-0.39, 0.29) is 0 Å². The zero-order chi connectivity index (χ0) is 10.3. The van der Waals surface area contributed by atoms with E-state index in [2.05, 4.69) is 16.9 Å². The molecule has 15 heavy (non-hydrogen) atoms. The van der Waals surface area contributed by atoms with Gasteiger partial charge in [-0.15, -0.1) is 0 Å². The molecule has 0 spiro atoms. The Morgan fingerprint density at radius 2 is 2.13 bits per heavy atom. The molecule has 74 valence electrons. The first-order valence-corrected chi connectivity index (χ1v) is 6.25. The normalized spacial score (nSPS) is 15.4. The average molecular weight is 215 g/mol. The van der Waals surface area contributed by atoms with E-state index in [4.69, 9.17) is 0 Å². The molecule has 2 aromatic rings. The third kappa shape index (κ3) is 1.38. The maximum atomic E-state index is 11.9. The van der Waals surface area contributed by atoms with Crippen LogP contribution in [0.2, 0.25) is 0 Å². The molecule has 0 aliphatic heterocycles. The third-order valence-electron chi connectivity index (χ3n) is 2.77. The van der Waals surface area contributed by atoms with Gasteiger partial charge in [0.2, 0.25) is 7.92 Å². The van der Waals surface area contributed by atoms with Crippen molar-refractivity contribution in [3.8, 4) is 0 Å². The van der Waals surface area contributed by atoms with Crippen LogP contribution in [0.3, 0.4) is 0 Å². The summed E-state index contributed by atoms with van der Waals surface area (Å²) < 4.78 is 4.25. The maximum Gasteiger partial charge on any atom is 0.205 e. The summed E-state index contributed by atoms with van der Waals surface area (Å²) >= 11 is 0. The van der Waals surface area contributed by atoms with E-state index in [1.165, 1.54) is 0 Å². The molecule has 0 saturated carbocycles. The molecule has 1 atom stereocenters. The summed E-state index contributed by atoms with van der Waals surface area (Å²) in [5.74, 6) is 0. The van der Waals surface area contributed by atoms with Crippen LogP contribution in [-0.2, 0) is 6.42 Å². The summed E-state index contributed by atoms with van der Waals surface area (Å²) in [5, 5.41) is 2.14. The lowest BCUT2D eigenvalue weighted by Crippen LogP contribution is -2.01. The van der Waals surface area contributed by atoms with E-state index in [1.54, 1.807) is 0 Å². The largest absolute Gasteiger partial charge is 0.607 e. The molecule has 0 radical (unpaired) electrons. The van der Waals surface area contributed by atoms with Crippen LogP contribution >= 0.6 is 7.92 Å². The molecule has 1 unspecified atom stereocenters. The number of rotatable bonds is 0. The molecule has 2 nitrogen and oxygen atoms in total. The Morgan fingerprint density at radius 3 is 3.07 bits per heavy atom. The first-order valence-electron chi connectivity index (χ1n) is 5.04. The van der Waals surface area contributed by atoms with Gasteiger partial charge in [0.25, 0.3) is 0 Å². The summed E-state index contributed by atoms with van der Waals surface area (Å²) in [6.07, 6.45) is 6.10. The van der Waals surface area contributed by atoms with Crippen molar-refractivity contribution in [2.75, 3.05) is 0 Å². The smallest absolute Gasteiger partial charge is 0.205 e. The minimum Gasteiger partial charge on any atom is -0.607 e. The quantitative estimate of drug-likeness (QED) is 0.677. The first-order chi connectivity index (χ1) is 7.36. The monoisotopic (exact) mass is 215 g/mol. The number of nitrogens with zero attached hydrogens (tertiary/aromatic N) is 1. The molecule has 3 rings (SSSR count). The fourth-order valence-corrected chi connectivity index (χ4v) is 3.26. The lowest BCUT2D eigenvalue weighted by molar-refractivity contribution is -0.153. The Morgan fingerprint density at radius 1 is 1.27 bits per heavy atom. The van der Waals surface area contributed by atoms with E-state index in [1.807, 2.05) is 24.3 Å². The van der Waals surface area contributed by atoms with Gasteiger partial charge in [-0.05, 0) is 12.5 Å². The number of hydrogen-bond acceptors (Lipinski definition) is 2. The highest BCUT2D eigenvalue weighted by Gasteiger charge is 2.18. The maximum absolute atomic E-state index is 11.9. The number of benzene rings is 1. The van der Waals surface area contributed by atoms with Crippen LogP contribution in [0.4, 0.5) is 0 Å². The molecule has 0 N–H and O–H groups in total. The van der Waals surface area contributed by atoms with E-state index in [0.717, 1.165) is 34.6 Å². The fraction of sp³-hybridized carbons (Fsp3) is 0.167. The standard InChI is InChI=1S/C12H10NOP/c14-15-12-8-4-2-6-10(12)9-5-1-3-7-11(9)13-15/h1-3,5-7H,4,8H2. The summed E-state index contributed by atoms with van der Waals surface area (Å²) in [7, 11) is -1.53. The van der Waals surface area contributed by atoms with Gasteiger partial charge >= 0.3 is 0 Å². The zero-order valence-corrected chi connectivity index (χ0v) is 9.08. The van der Waals surface area contributed by atoms with Crippen LogP contribution in [0.25, 0.3) is 17.0 Å². The lowest BCUT2D eigenvalue weighted by atomic mass is 10.0.